The molecule has 2 aromatic carbocycles. The van der Waals surface area contributed by atoms with Gasteiger partial charge in [-0.15, -0.1) is 0 Å². The molecule has 0 bridgehead atoms. The van der Waals surface area contributed by atoms with E-state index in [1.54, 1.807) is 18.2 Å². The van der Waals surface area contributed by atoms with Gasteiger partial charge in [0.05, 0.1) is 18.7 Å². The molecule has 0 unspecified atom stereocenters. The molecule has 0 amide bonds. The molecule has 0 atom stereocenters. The van der Waals surface area contributed by atoms with Crippen molar-refractivity contribution in [3.8, 4) is 11.5 Å². The van der Waals surface area contributed by atoms with Crippen molar-refractivity contribution in [1.29, 1.82) is 0 Å². The summed E-state index contributed by atoms with van der Waals surface area (Å²) in [5.41, 5.74) is 1.67. The number of carboxylic acids is 1. The minimum atomic E-state index is -1.07. The monoisotopic (exact) mass is 284 g/mol. The van der Waals surface area contributed by atoms with Gasteiger partial charge in [0, 0.05) is 0 Å². The first kappa shape index (κ1) is 14.7. The lowest BCUT2D eigenvalue weighted by molar-refractivity contribution is -0.131. The quantitative estimate of drug-likeness (QED) is 0.669. The number of rotatable bonds is 5. The molecular formula is C17H16O4. The summed E-state index contributed by atoms with van der Waals surface area (Å²) in [4.78, 5) is 10.9. The van der Waals surface area contributed by atoms with Crippen molar-refractivity contribution >= 4 is 11.7 Å². The van der Waals surface area contributed by atoms with E-state index in [4.69, 9.17) is 14.6 Å². The van der Waals surface area contributed by atoms with Crippen molar-refractivity contribution in [2.75, 3.05) is 7.11 Å². The minimum Gasteiger partial charge on any atom is -0.496 e. The standard InChI is InChI=1S/C17H16O4/c1-12-6-5-7-13(10-12)21-15-9-4-3-8-14(15)16(20-2)11-17(18)19/h3-11H,1-2H3,(H,18,19)/b16-11+. The smallest absolute Gasteiger partial charge is 0.332 e. The van der Waals surface area contributed by atoms with Crippen molar-refractivity contribution in [1.82, 2.24) is 0 Å². The maximum absolute atomic E-state index is 10.9. The molecule has 0 radical (unpaired) electrons. The fraction of sp³-hybridized carbons (Fsp3) is 0.118. The van der Waals surface area contributed by atoms with Crippen molar-refractivity contribution in [3.63, 3.8) is 0 Å². The number of hydrogen-bond acceptors (Lipinski definition) is 3. The van der Waals surface area contributed by atoms with Gasteiger partial charge in [-0.05, 0) is 36.8 Å². The van der Waals surface area contributed by atoms with Crippen molar-refractivity contribution in [2.45, 2.75) is 6.92 Å². The number of carbonyl (C=O) groups is 1. The highest BCUT2D eigenvalue weighted by Crippen LogP contribution is 2.30. The summed E-state index contributed by atoms with van der Waals surface area (Å²) in [5, 5.41) is 8.90. The van der Waals surface area contributed by atoms with Crippen LogP contribution in [0, 0.1) is 6.92 Å². The zero-order valence-electron chi connectivity index (χ0n) is 11.9. The van der Waals surface area contributed by atoms with E-state index in [2.05, 4.69) is 0 Å². The zero-order chi connectivity index (χ0) is 15.2. The van der Waals surface area contributed by atoms with E-state index >= 15 is 0 Å². The first-order valence-electron chi connectivity index (χ1n) is 6.42. The summed E-state index contributed by atoms with van der Waals surface area (Å²) in [6.45, 7) is 1.98. The summed E-state index contributed by atoms with van der Waals surface area (Å²) in [5.74, 6) is 0.397. The molecule has 2 rings (SSSR count). The van der Waals surface area contributed by atoms with Gasteiger partial charge in [-0.2, -0.15) is 0 Å². The number of hydrogen-bond donors (Lipinski definition) is 1. The van der Waals surface area contributed by atoms with Gasteiger partial charge in [0.15, 0.2) is 0 Å². The van der Waals surface area contributed by atoms with Gasteiger partial charge in [0.1, 0.15) is 17.3 Å². The topological polar surface area (TPSA) is 55.8 Å². The largest absolute Gasteiger partial charge is 0.496 e. The molecule has 108 valence electrons. The highest BCUT2D eigenvalue weighted by Gasteiger charge is 2.11. The summed E-state index contributed by atoms with van der Waals surface area (Å²) in [7, 11) is 1.43. The maximum Gasteiger partial charge on any atom is 0.332 e. The Kier molecular flexibility index (Phi) is 4.61. The van der Waals surface area contributed by atoms with Crippen LogP contribution < -0.4 is 4.74 Å². The highest BCUT2D eigenvalue weighted by atomic mass is 16.5. The van der Waals surface area contributed by atoms with Crippen LogP contribution >= 0.6 is 0 Å². The van der Waals surface area contributed by atoms with Gasteiger partial charge in [-0.25, -0.2) is 4.79 Å². The predicted octanol–water partition coefficient (Wildman–Crippen LogP) is 3.86. The second-order valence-electron chi connectivity index (χ2n) is 4.47. The fourth-order valence-corrected chi connectivity index (χ4v) is 1.92. The van der Waals surface area contributed by atoms with Gasteiger partial charge < -0.3 is 14.6 Å². The van der Waals surface area contributed by atoms with Crippen LogP contribution in [0.5, 0.6) is 11.5 Å². The van der Waals surface area contributed by atoms with Crippen LogP contribution in [-0.4, -0.2) is 18.2 Å². The van der Waals surface area contributed by atoms with Gasteiger partial charge in [-0.1, -0.05) is 24.3 Å². The molecule has 0 fully saturated rings. The summed E-state index contributed by atoms with van der Waals surface area (Å²) in [6.07, 6.45) is 1.01. The lowest BCUT2D eigenvalue weighted by atomic mass is 10.1. The Hall–Kier alpha value is -2.75. The molecule has 4 heteroatoms. The molecule has 0 saturated heterocycles. The molecule has 1 N–H and O–H groups in total. The Morgan fingerprint density at radius 2 is 1.90 bits per heavy atom. The Bertz CT molecular complexity index is 674. The molecule has 0 aromatic heterocycles. The molecule has 0 aliphatic heterocycles. The zero-order valence-corrected chi connectivity index (χ0v) is 11.9. The predicted molar refractivity (Wildman–Crippen MR) is 80.3 cm³/mol. The normalized spacial score (nSPS) is 11.0. The lowest BCUT2D eigenvalue weighted by Gasteiger charge is -2.13. The van der Waals surface area contributed by atoms with Crippen molar-refractivity contribution in [3.05, 3.63) is 65.7 Å². The van der Waals surface area contributed by atoms with Crippen LogP contribution in [0.3, 0.4) is 0 Å². The van der Waals surface area contributed by atoms with Gasteiger partial charge in [-0.3, -0.25) is 0 Å². The van der Waals surface area contributed by atoms with E-state index in [-0.39, 0.29) is 5.76 Å². The van der Waals surface area contributed by atoms with Crippen LogP contribution in [0.15, 0.2) is 54.6 Å². The summed E-state index contributed by atoms with van der Waals surface area (Å²) < 4.78 is 11.0. The third-order valence-electron chi connectivity index (χ3n) is 2.84. The molecule has 4 nitrogen and oxygen atoms in total. The summed E-state index contributed by atoms with van der Waals surface area (Å²) >= 11 is 0. The van der Waals surface area contributed by atoms with Gasteiger partial charge in [0.25, 0.3) is 0 Å². The summed E-state index contributed by atoms with van der Waals surface area (Å²) in [6, 6.07) is 14.8. The SMILES string of the molecule is CO/C(=C/C(=O)O)c1ccccc1Oc1cccc(C)c1. The fourth-order valence-electron chi connectivity index (χ4n) is 1.92. The third-order valence-corrected chi connectivity index (χ3v) is 2.84. The van der Waals surface area contributed by atoms with Crippen molar-refractivity contribution in [2.24, 2.45) is 0 Å². The number of ether oxygens (including phenoxy) is 2. The van der Waals surface area contributed by atoms with E-state index in [0.29, 0.717) is 17.1 Å². The molecular weight excluding hydrogens is 268 g/mol. The Morgan fingerprint density at radius 3 is 2.57 bits per heavy atom. The van der Waals surface area contributed by atoms with Crippen LogP contribution in [0.25, 0.3) is 5.76 Å². The van der Waals surface area contributed by atoms with E-state index in [1.165, 1.54) is 7.11 Å². The molecule has 0 aliphatic carbocycles. The van der Waals surface area contributed by atoms with E-state index in [9.17, 15) is 4.79 Å². The van der Waals surface area contributed by atoms with Crippen LogP contribution in [0.1, 0.15) is 11.1 Å². The Labute approximate surface area is 123 Å². The minimum absolute atomic E-state index is 0.241. The average Bonchev–Trinajstić information content (AvgIpc) is 2.45. The number of aliphatic carboxylic acids is 1. The molecule has 0 saturated carbocycles. The second-order valence-corrected chi connectivity index (χ2v) is 4.47. The molecule has 2 aromatic rings. The lowest BCUT2D eigenvalue weighted by Crippen LogP contribution is -1.97. The van der Waals surface area contributed by atoms with E-state index in [1.807, 2.05) is 37.3 Å². The molecule has 0 spiro atoms. The van der Waals surface area contributed by atoms with Crippen LogP contribution in [-0.2, 0) is 9.53 Å². The van der Waals surface area contributed by atoms with Crippen molar-refractivity contribution < 1.29 is 19.4 Å². The Morgan fingerprint density at radius 1 is 1.14 bits per heavy atom. The molecule has 0 aliphatic rings. The number of methoxy groups -OCH3 is 1. The number of para-hydroxylation sites is 1. The maximum atomic E-state index is 10.9. The molecule has 0 heterocycles. The average molecular weight is 284 g/mol. The van der Waals surface area contributed by atoms with Crippen LogP contribution in [0.4, 0.5) is 0 Å². The van der Waals surface area contributed by atoms with E-state index < -0.39 is 5.97 Å². The highest BCUT2D eigenvalue weighted by molar-refractivity contribution is 5.89. The number of carboxylic acid groups (broad SMARTS) is 1. The third kappa shape index (κ3) is 3.86. The molecule has 21 heavy (non-hydrogen) atoms. The van der Waals surface area contributed by atoms with Gasteiger partial charge in [0.2, 0.25) is 0 Å². The first-order chi connectivity index (χ1) is 10.1. The number of benzene rings is 2. The first-order valence-corrected chi connectivity index (χ1v) is 6.42. The second kappa shape index (κ2) is 6.61. The van der Waals surface area contributed by atoms with E-state index in [0.717, 1.165) is 11.6 Å². The Balaban J connectivity index is 2.39. The van der Waals surface area contributed by atoms with Gasteiger partial charge >= 0.3 is 5.97 Å². The number of aryl methyl sites for hydroxylation is 1. The van der Waals surface area contributed by atoms with Crippen LogP contribution in [0.2, 0.25) is 0 Å².